The highest BCUT2D eigenvalue weighted by atomic mass is 19.4. The number of imidazole rings is 1. The van der Waals surface area contributed by atoms with Gasteiger partial charge in [0.25, 0.3) is 5.91 Å². The number of hydrogen-bond acceptors (Lipinski definition) is 4. The minimum absolute atomic E-state index is 0.0156. The van der Waals surface area contributed by atoms with E-state index in [2.05, 4.69) is 15.6 Å². The molecule has 1 fully saturated rings. The van der Waals surface area contributed by atoms with E-state index in [1.165, 1.54) is 10.5 Å². The molecule has 0 atom stereocenters. The summed E-state index contributed by atoms with van der Waals surface area (Å²) in [5, 5.41) is 15.5. The predicted molar refractivity (Wildman–Crippen MR) is 108 cm³/mol. The number of hydrogen-bond donors (Lipinski definition) is 2. The average Bonchev–Trinajstić information content (AvgIpc) is 3.21. The van der Waals surface area contributed by atoms with Crippen molar-refractivity contribution in [1.82, 2.24) is 14.7 Å². The Morgan fingerprint density at radius 3 is 2.48 bits per heavy atom. The molecule has 0 unspecified atom stereocenters. The fourth-order valence-electron chi connectivity index (χ4n) is 3.90. The van der Waals surface area contributed by atoms with Crippen LogP contribution in [0.1, 0.15) is 47.3 Å². The van der Waals surface area contributed by atoms with Gasteiger partial charge in [0.05, 0.1) is 17.2 Å². The Hall–Kier alpha value is -3.54. The third-order valence-corrected chi connectivity index (χ3v) is 5.49. The first-order valence-electron chi connectivity index (χ1n) is 9.97. The normalized spacial score (nSPS) is 19.0. The zero-order valence-corrected chi connectivity index (χ0v) is 16.5. The molecule has 0 spiro atoms. The number of rotatable bonds is 4. The van der Waals surface area contributed by atoms with E-state index in [4.69, 9.17) is 5.26 Å². The number of amides is 1. The van der Waals surface area contributed by atoms with Crippen LogP contribution in [0, 0.1) is 11.3 Å². The molecule has 0 bridgehead atoms. The lowest BCUT2D eigenvalue weighted by Crippen LogP contribution is -2.40. The van der Waals surface area contributed by atoms with Crippen molar-refractivity contribution in [2.45, 2.75) is 43.9 Å². The summed E-state index contributed by atoms with van der Waals surface area (Å²) in [6.45, 7) is 0. The first-order chi connectivity index (χ1) is 14.8. The van der Waals surface area contributed by atoms with Crippen LogP contribution in [0.25, 0.3) is 5.65 Å². The summed E-state index contributed by atoms with van der Waals surface area (Å²) in [6.07, 6.45) is -0.540. The van der Waals surface area contributed by atoms with Gasteiger partial charge in [-0.3, -0.25) is 9.20 Å². The Kier molecular flexibility index (Phi) is 5.55. The highest BCUT2D eigenvalue weighted by molar-refractivity contribution is 5.96. The third-order valence-electron chi connectivity index (χ3n) is 5.49. The van der Waals surface area contributed by atoms with Crippen molar-refractivity contribution in [3.8, 4) is 6.07 Å². The molecule has 1 saturated carbocycles. The second kappa shape index (κ2) is 8.30. The average molecular weight is 427 g/mol. The number of carbonyl (C=O) groups is 1. The van der Waals surface area contributed by atoms with Crippen LogP contribution in [-0.2, 0) is 6.18 Å². The van der Waals surface area contributed by atoms with Crippen LogP contribution in [0.3, 0.4) is 0 Å². The SMILES string of the molecule is N#Cc1ccccc1C(=O)NC1CCC(Nc2cccc3nc(C(F)(F)F)cn23)CC1. The Morgan fingerprint density at radius 1 is 1.06 bits per heavy atom. The Morgan fingerprint density at radius 2 is 1.77 bits per heavy atom. The maximum Gasteiger partial charge on any atom is 0.434 e. The van der Waals surface area contributed by atoms with Crippen molar-refractivity contribution in [3.05, 3.63) is 65.5 Å². The lowest BCUT2D eigenvalue weighted by molar-refractivity contribution is -0.140. The first-order valence-corrected chi connectivity index (χ1v) is 9.97. The van der Waals surface area contributed by atoms with E-state index in [1.807, 2.05) is 6.07 Å². The molecule has 160 valence electrons. The summed E-state index contributed by atoms with van der Waals surface area (Å²) < 4.78 is 40.4. The van der Waals surface area contributed by atoms with Crippen molar-refractivity contribution >= 4 is 17.4 Å². The molecule has 9 heteroatoms. The number of anilines is 1. The van der Waals surface area contributed by atoms with E-state index in [9.17, 15) is 18.0 Å². The van der Waals surface area contributed by atoms with Crippen LogP contribution in [0.4, 0.5) is 19.0 Å². The second-order valence-electron chi connectivity index (χ2n) is 7.59. The van der Waals surface area contributed by atoms with Crippen LogP contribution in [0.15, 0.2) is 48.7 Å². The molecule has 31 heavy (non-hydrogen) atoms. The molecule has 1 amide bonds. The number of nitrogens with one attached hydrogen (secondary N) is 2. The molecular weight excluding hydrogens is 407 g/mol. The van der Waals surface area contributed by atoms with E-state index in [0.717, 1.165) is 31.9 Å². The molecule has 2 N–H and O–H groups in total. The van der Waals surface area contributed by atoms with E-state index < -0.39 is 11.9 Å². The van der Waals surface area contributed by atoms with Gasteiger partial charge in [-0.15, -0.1) is 0 Å². The fraction of sp³-hybridized carbons (Fsp3) is 0.318. The van der Waals surface area contributed by atoms with Crippen molar-refractivity contribution in [1.29, 1.82) is 5.26 Å². The summed E-state index contributed by atoms with van der Waals surface area (Å²) in [5.41, 5.74) is -0.000221. The van der Waals surface area contributed by atoms with Crippen LogP contribution < -0.4 is 10.6 Å². The smallest absolute Gasteiger partial charge is 0.368 e. The fourth-order valence-corrected chi connectivity index (χ4v) is 3.90. The number of aromatic nitrogens is 2. The molecule has 3 aromatic rings. The largest absolute Gasteiger partial charge is 0.434 e. The first kappa shape index (κ1) is 20.7. The van der Waals surface area contributed by atoms with Gasteiger partial charge in [-0.05, 0) is 49.9 Å². The quantitative estimate of drug-likeness (QED) is 0.648. The molecule has 6 nitrogen and oxygen atoms in total. The highest BCUT2D eigenvalue weighted by Crippen LogP contribution is 2.30. The second-order valence-corrected chi connectivity index (χ2v) is 7.59. The van der Waals surface area contributed by atoms with E-state index >= 15 is 0 Å². The minimum atomic E-state index is -4.50. The van der Waals surface area contributed by atoms with Gasteiger partial charge in [-0.2, -0.15) is 18.4 Å². The molecule has 1 aromatic carbocycles. The molecule has 0 radical (unpaired) electrons. The van der Waals surface area contributed by atoms with Gasteiger partial charge in [0.2, 0.25) is 0 Å². The number of nitrogens with zero attached hydrogens (tertiary/aromatic N) is 3. The van der Waals surface area contributed by atoms with Gasteiger partial charge >= 0.3 is 6.18 Å². The predicted octanol–water partition coefficient (Wildman–Crippen LogP) is 4.38. The molecule has 0 aliphatic heterocycles. The van der Waals surface area contributed by atoms with Crippen molar-refractivity contribution < 1.29 is 18.0 Å². The summed E-state index contributed by atoms with van der Waals surface area (Å²) in [4.78, 5) is 16.2. The molecular formula is C22H20F3N5O. The molecule has 2 aromatic heterocycles. The Balaban J connectivity index is 1.38. The number of halogens is 3. The van der Waals surface area contributed by atoms with Crippen molar-refractivity contribution in [2.24, 2.45) is 0 Å². The number of benzene rings is 1. The lowest BCUT2D eigenvalue weighted by atomic mass is 9.91. The molecule has 1 aliphatic rings. The minimum Gasteiger partial charge on any atom is -0.368 e. The van der Waals surface area contributed by atoms with Crippen LogP contribution in [-0.4, -0.2) is 27.4 Å². The van der Waals surface area contributed by atoms with Crippen molar-refractivity contribution in [3.63, 3.8) is 0 Å². The number of alkyl halides is 3. The van der Waals surface area contributed by atoms with Gasteiger partial charge < -0.3 is 10.6 Å². The standard InChI is InChI=1S/C22H20F3N5O/c23-22(24,25)18-13-30-19(6-3-7-20(30)29-18)27-15-8-10-16(11-9-15)28-21(31)17-5-2-1-4-14(17)12-26/h1-7,13,15-16,27H,8-11H2,(H,28,31). The van der Waals surface area contributed by atoms with Gasteiger partial charge in [0.1, 0.15) is 11.5 Å². The monoisotopic (exact) mass is 427 g/mol. The van der Waals surface area contributed by atoms with Gasteiger partial charge in [-0.25, -0.2) is 4.98 Å². The number of pyridine rings is 1. The van der Waals surface area contributed by atoms with E-state index in [-0.39, 0.29) is 23.6 Å². The summed E-state index contributed by atoms with van der Waals surface area (Å²) in [7, 11) is 0. The van der Waals surface area contributed by atoms with Gasteiger partial charge in [-0.1, -0.05) is 18.2 Å². The molecule has 2 heterocycles. The van der Waals surface area contributed by atoms with Gasteiger partial charge in [0, 0.05) is 18.3 Å². The third kappa shape index (κ3) is 4.48. The maximum absolute atomic E-state index is 13.0. The van der Waals surface area contributed by atoms with Crippen LogP contribution in [0.2, 0.25) is 0 Å². The van der Waals surface area contributed by atoms with Crippen LogP contribution >= 0.6 is 0 Å². The topological polar surface area (TPSA) is 82.2 Å². The number of fused-ring (bicyclic) bond motifs is 1. The maximum atomic E-state index is 13.0. The molecule has 1 aliphatic carbocycles. The van der Waals surface area contributed by atoms with E-state index in [0.29, 0.717) is 16.9 Å². The van der Waals surface area contributed by atoms with Gasteiger partial charge in [0.15, 0.2) is 5.69 Å². The Bertz CT molecular complexity index is 1140. The van der Waals surface area contributed by atoms with Crippen LogP contribution in [0.5, 0.6) is 0 Å². The zero-order valence-electron chi connectivity index (χ0n) is 16.5. The summed E-state index contributed by atoms with van der Waals surface area (Å²) >= 11 is 0. The van der Waals surface area contributed by atoms with Crippen molar-refractivity contribution in [2.75, 3.05) is 5.32 Å². The zero-order chi connectivity index (χ0) is 22.0. The summed E-state index contributed by atoms with van der Waals surface area (Å²) in [5.74, 6) is 0.285. The molecule has 4 rings (SSSR count). The summed E-state index contributed by atoms with van der Waals surface area (Å²) in [6, 6.07) is 13.7. The number of carbonyl (C=O) groups excluding carboxylic acids is 1. The molecule has 0 saturated heterocycles. The number of nitriles is 1. The van der Waals surface area contributed by atoms with E-state index in [1.54, 1.807) is 36.4 Å². The Labute approximate surface area is 176 Å². The highest BCUT2D eigenvalue weighted by Gasteiger charge is 2.34. The lowest BCUT2D eigenvalue weighted by Gasteiger charge is -2.30.